The first-order valence-corrected chi connectivity index (χ1v) is 13.2. The lowest BCUT2D eigenvalue weighted by atomic mass is 10.0. The summed E-state index contributed by atoms with van der Waals surface area (Å²) in [6.07, 6.45) is -0.0484. The van der Waals surface area contributed by atoms with Gasteiger partial charge in [0.15, 0.2) is 0 Å². The molecule has 9 heteroatoms. The van der Waals surface area contributed by atoms with E-state index in [-0.39, 0.29) is 10.6 Å². The van der Waals surface area contributed by atoms with E-state index in [9.17, 15) is 18.0 Å². The Morgan fingerprint density at radius 1 is 0.941 bits per heavy atom. The smallest absolute Gasteiger partial charge is 0.429 e. The van der Waals surface area contributed by atoms with Gasteiger partial charge in [-0.15, -0.1) is 0 Å². The molecule has 4 rings (SSSR count). The molecule has 0 atom stereocenters. The van der Waals surface area contributed by atoms with Gasteiger partial charge in [-0.1, -0.05) is 59.9 Å². The predicted molar refractivity (Wildman–Crippen MR) is 136 cm³/mol. The number of fused-ring (bicyclic) bond motifs is 1. The van der Waals surface area contributed by atoms with Crippen LogP contribution in [0.5, 0.6) is 0 Å². The van der Waals surface area contributed by atoms with Crippen molar-refractivity contribution in [1.82, 2.24) is 4.57 Å². The third-order valence-corrected chi connectivity index (χ3v) is 7.16. The molecular weight excluding hydrogens is 472 g/mol. The van der Waals surface area contributed by atoms with Gasteiger partial charge in [0.25, 0.3) is 5.56 Å². The van der Waals surface area contributed by atoms with Crippen LogP contribution in [0.3, 0.4) is 0 Å². The first-order chi connectivity index (χ1) is 16.0. The lowest BCUT2D eigenvalue weighted by Gasteiger charge is -2.25. The van der Waals surface area contributed by atoms with Crippen LogP contribution in [0.2, 0.25) is 0 Å². The molecule has 0 saturated heterocycles. The molecule has 0 fully saturated rings. The Morgan fingerprint density at radius 3 is 2.09 bits per heavy atom. The van der Waals surface area contributed by atoms with Crippen molar-refractivity contribution in [3.8, 4) is 16.8 Å². The highest BCUT2D eigenvalue weighted by Gasteiger charge is 2.35. The number of para-hydroxylation sites is 1. The van der Waals surface area contributed by atoms with Crippen molar-refractivity contribution in [3.63, 3.8) is 0 Å². The van der Waals surface area contributed by atoms with Gasteiger partial charge in [-0.25, -0.2) is 13.2 Å². The molecule has 0 aliphatic carbocycles. The minimum Gasteiger partial charge on any atom is -0.443 e. The van der Waals surface area contributed by atoms with E-state index in [2.05, 4.69) is 0 Å². The topological polar surface area (TPSA) is 85.7 Å². The van der Waals surface area contributed by atoms with Gasteiger partial charge in [-0.2, -0.15) is 4.31 Å². The maximum absolute atomic E-state index is 13.2. The number of rotatable bonds is 4. The first kappa shape index (κ1) is 23.7. The number of carbonyl (C=O) groups is 1. The molecule has 176 valence electrons. The van der Waals surface area contributed by atoms with Crippen LogP contribution in [-0.4, -0.2) is 30.9 Å². The largest absolute Gasteiger partial charge is 0.443 e. The maximum Gasteiger partial charge on any atom is 0.429 e. The molecule has 0 saturated carbocycles. The molecule has 0 bridgehead atoms. The molecular formula is C25H24N2O5S2. The van der Waals surface area contributed by atoms with Gasteiger partial charge < -0.3 is 4.74 Å². The van der Waals surface area contributed by atoms with Crippen molar-refractivity contribution >= 4 is 42.7 Å². The number of nitrogens with zero attached hydrogens (tertiary/aromatic N) is 2. The summed E-state index contributed by atoms with van der Waals surface area (Å²) in [6, 6.07) is 21.3. The molecule has 2 aromatic heterocycles. The van der Waals surface area contributed by atoms with Gasteiger partial charge in [0, 0.05) is 17.0 Å². The van der Waals surface area contributed by atoms with Gasteiger partial charge in [-0.05, 0) is 44.5 Å². The second-order valence-electron chi connectivity index (χ2n) is 8.72. The lowest BCUT2D eigenvalue weighted by Crippen LogP contribution is -2.40. The summed E-state index contributed by atoms with van der Waals surface area (Å²) in [5, 5.41) is 0.806. The fourth-order valence-electron chi connectivity index (χ4n) is 3.59. The van der Waals surface area contributed by atoms with E-state index in [1.54, 1.807) is 39.0 Å². The summed E-state index contributed by atoms with van der Waals surface area (Å²) >= 11 is 1.05. The van der Waals surface area contributed by atoms with Crippen LogP contribution in [-0.2, 0) is 14.8 Å². The lowest BCUT2D eigenvalue weighted by molar-refractivity contribution is 0.0610. The second-order valence-corrected chi connectivity index (χ2v) is 11.5. The standard InChI is InChI=1S/C25H24N2O5S2/c1-25(2,3)32-24(29)27(34(4,30)31)23-21(17-11-7-5-8-12-17)19-15-16-20(28)26(22(19)33-23)18-13-9-6-10-14-18/h5-16H,1-4H3. The SMILES string of the molecule is CC(C)(C)OC(=O)N(c1sc2c(ccc(=O)n2-c2ccccc2)c1-c1ccccc1)S(C)(=O)=O. The van der Waals surface area contributed by atoms with Crippen LogP contribution in [0.25, 0.3) is 27.0 Å². The Kier molecular flexibility index (Phi) is 6.09. The number of amides is 1. The van der Waals surface area contributed by atoms with Gasteiger partial charge >= 0.3 is 6.09 Å². The Morgan fingerprint density at radius 2 is 1.53 bits per heavy atom. The molecule has 0 aliphatic heterocycles. The number of hydrogen-bond donors (Lipinski definition) is 0. The summed E-state index contributed by atoms with van der Waals surface area (Å²) in [5.74, 6) is 0. The molecule has 7 nitrogen and oxygen atoms in total. The van der Waals surface area contributed by atoms with Crippen LogP contribution in [0.15, 0.2) is 77.6 Å². The Balaban J connectivity index is 2.10. The third-order valence-electron chi connectivity index (χ3n) is 4.88. The van der Waals surface area contributed by atoms with Crippen molar-refractivity contribution in [1.29, 1.82) is 0 Å². The Bertz CT molecular complexity index is 1520. The quantitative estimate of drug-likeness (QED) is 0.377. The molecule has 0 aliphatic rings. The molecule has 2 heterocycles. The van der Waals surface area contributed by atoms with Crippen molar-refractivity contribution in [2.24, 2.45) is 0 Å². The summed E-state index contributed by atoms with van der Waals surface area (Å²) < 4.78 is 33.5. The average Bonchev–Trinajstić information content (AvgIpc) is 3.11. The number of pyridine rings is 1. The molecule has 0 N–H and O–H groups in total. The third kappa shape index (κ3) is 4.62. The molecule has 34 heavy (non-hydrogen) atoms. The van der Waals surface area contributed by atoms with Gasteiger partial charge in [0.1, 0.15) is 15.4 Å². The number of carbonyl (C=O) groups excluding carboxylic acids is 1. The minimum atomic E-state index is -4.07. The van der Waals surface area contributed by atoms with Crippen LogP contribution in [0.4, 0.5) is 9.80 Å². The first-order valence-electron chi connectivity index (χ1n) is 10.5. The summed E-state index contributed by atoms with van der Waals surface area (Å²) in [4.78, 5) is 26.6. The van der Waals surface area contributed by atoms with Crippen LogP contribution in [0, 0.1) is 0 Å². The number of anilines is 1. The number of thiophene rings is 1. The van der Waals surface area contributed by atoms with Crippen LogP contribution < -0.4 is 9.86 Å². The van der Waals surface area contributed by atoms with Gasteiger partial charge in [0.2, 0.25) is 10.0 Å². The monoisotopic (exact) mass is 496 g/mol. The summed E-state index contributed by atoms with van der Waals surface area (Å²) in [6.45, 7) is 5.00. The second kappa shape index (κ2) is 8.73. The average molecular weight is 497 g/mol. The van der Waals surface area contributed by atoms with E-state index in [0.717, 1.165) is 17.6 Å². The van der Waals surface area contributed by atoms with Crippen molar-refractivity contribution in [3.05, 3.63) is 83.2 Å². The van der Waals surface area contributed by atoms with Gasteiger partial charge in [0.05, 0.1) is 11.9 Å². The number of aromatic nitrogens is 1. The van der Waals surface area contributed by atoms with Crippen molar-refractivity contribution in [2.75, 3.05) is 10.6 Å². The number of benzene rings is 2. The van der Waals surface area contributed by atoms with E-state index in [4.69, 9.17) is 4.74 Å². The normalized spacial score (nSPS) is 12.0. The van der Waals surface area contributed by atoms with E-state index in [1.807, 2.05) is 48.5 Å². The molecule has 0 spiro atoms. The highest BCUT2D eigenvalue weighted by Crippen LogP contribution is 2.46. The molecule has 2 aromatic carbocycles. The zero-order chi connectivity index (χ0) is 24.7. The van der Waals surface area contributed by atoms with Crippen LogP contribution in [0.1, 0.15) is 20.8 Å². The molecule has 0 radical (unpaired) electrons. The summed E-state index contributed by atoms with van der Waals surface area (Å²) in [5.41, 5.74) is 0.694. The maximum atomic E-state index is 13.2. The Labute approximate surface area is 201 Å². The minimum absolute atomic E-state index is 0.160. The Hall–Kier alpha value is -3.43. The summed E-state index contributed by atoms with van der Waals surface area (Å²) in [7, 11) is -4.07. The fraction of sp³-hybridized carbons (Fsp3) is 0.200. The molecule has 1 amide bonds. The van der Waals surface area contributed by atoms with Crippen LogP contribution >= 0.6 is 11.3 Å². The van der Waals surface area contributed by atoms with E-state index in [0.29, 0.717) is 31.3 Å². The highest BCUT2D eigenvalue weighted by molar-refractivity contribution is 7.93. The number of hydrogen-bond acceptors (Lipinski definition) is 6. The van der Waals surface area contributed by atoms with Crippen molar-refractivity contribution < 1.29 is 17.9 Å². The molecule has 0 unspecified atom stereocenters. The molecule has 4 aromatic rings. The zero-order valence-corrected chi connectivity index (χ0v) is 20.8. The van der Waals surface area contributed by atoms with E-state index >= 15 is 0 Å². The highest BCUT2D eigenvalue weighted by atomic mass is 32.2. The van der Waals surface area contributed by atoms with Gasteiger partial charge in [-0.3, -0.25) is 9.36 Å². The zero-order valence-electron chi connectivity index (χ0n) is 19.2. The predicted octanol–water partition coefficient (Wildman–Crippen LogP) is 5.42. The number of sulfonamides is 1. The van der Waals surface area contributed by atoms with E-state index in [1.165, 1.54) is 10.6 Å². The van der Waals surface area contributed by atoms with E-state index < -0.39 is 21.7 Å². The number of ether oxygens (including phenoxy) is 1. The fourth-order valence-corrected chi connectivity index (χ4v) is 6.05. The van der Waals surface area contributed by atoms with Crippen molar-refractivity contribution in [2.45, 2.75) is 26.4 Å².